The van der Waals surface area contributed by atoms with Crippen molar-refractivity contribution in [1.82, 2.24) is 5.32 Å². The van der Waals surface area contributed by atoms with Crippen molar-refractivity contribution in [1.29, 1.82) is 0 Å². The molecule has 0 bridgehead atoms. The maximum Gasteiger partial charge on any atom is 0.412 e. The molecule has 0 unspecified atom stereocenters. The number of ether oxygens (including phenoxy) is 1. The lowest BCUT2D eigenvalue weighted by atomic mass is 9.76. The van der Waals surface area contributed by atoms with E-state index in [0.717, 1.165) is 31.2 Å². The second kappa shape index (κ2) is 6.81. The largest absolute Gasteiger partial charge is 0.412 e. The molecule has 0 atom stereocenters. The first-order valence-electron chi connectivity index (χ1n) is 7.70. The van der Waals surface area contributed by atoms with Crippen molar-refractivity contribution in [2.75, 3.05) is 0 Å². The van der Waals surface area contributed by atoms with Gasteiger partial charge >= 0.3 is 6.09 Å². The summed E-state index contributed by atoms with van der Waals surface area (Å²) in [5, 5.41) is 2.91. The third kappa shape index (κ3) is 5.06. The van der Waals surface area contributed by atoms with Crippen molar-refractivity contribution >= 4 is 12.0 Å². The lowest BCUT2D eigenvalue weighted by Crippen LogP contribution is -2.40. The van der Waals surface area contributed by atoms with E-state index in [4.69, 9.17) is 10.5 Å². The molecule has 5 heteroatoms. The normalized spacial score (nSPS) is 17.7. The molecule has 22 heavy (non-hydrogen) atoms. The van der Waals surface area contributed by atoms with E-state index >= 15 is 0 Å². The van der Waals surface area contributed by atoms with E-state index in [0.29, 0.717) is 11.2 Å². The number of hydrogen-bond donors (Lipinski definition) is 2. The summed E-state index contributed by atoms with van der Waals surface area (Å²) in [5.74, 6) is 0.0128. The third-order valence-corrected chi connectivity index (χ3v) is 4.15. The van der Waals surface area contributed by atoms with Crippen LogP contribution < -0.4 is 15.8 Å². The fourth-order valence-electron chi connectivity index (χ4n) is 2.77. The smallest absolute Gasteiger partial charge is 0.410 e. The summed E-state index contributed by atoms with van der Waals surface area (Å²) in [6.45, 7) is 4.51. The van der Waals surface area contributed by atoms with E-state index in [9.17, 15) is 9.59 Å². The predicted molar refractivity (Wildman–Crippen MR) is 84.5 cm³/mol. The Balaban J connectivity index is 1.86. The summed E-state index contributed by atoms with van der Waals surface area (Å²) >= 11 is 0. The molecule has 0 spiro atoms. The van der Waals surface area contributed by atoms with Gasteiger partial charge in [0.15, 0.2) is 0 Å². The van der Waals surface area contributed by atoms with Gasteiger partial charge in [0.1, 0.15) is 5.75 Å². The molecule has 3 N–H and O–H groups in total. The van der Waals surface area contributed by atoms with Gasteiger partial charge < -0.3 is 15.8 Å². The van der Waals surface area contributed by atoms with Gasteiger partial charge in [0.25, 0.3) is 0 Å². The van der Waals surface area contributed by atoms with Gasteiger partial charge in [-0.2, -0.15) is 0 Å². The number of carbonyl (C=O) groups is 2. The van der Waals surface area contributed by atoms with Crippen molar-refractivity contribution in [2.45, 2.75) is 52.0 Å². The van der Waals surface area contributed by atoms with E-state index in [-0.39, 0.29) is 12.5 Å². The van der Waals surface area contributed by atoms with E-state index in [1.54, 1.807) is 24.3 Å². The van der Waals surface area contributed by atoms with Crippen LogP contribution in [0.1, 0.15) is 45.1 Å². The summed E-state index contributed by atoms with van der Waals surface area (Å²) in [4.78, 5) is 22.9. The van der Waals surface area contributed by atoms with Crippen LogP contribution in [-0.4, -0.2) is 18.0 Å². The molecule has 1 aromatic carbocycles. The Bertz CT molecular complexity index is 545. The summed E-state index contributed by atoms with van der Waals surface area (Å²) in [5.41, 5.74) is 6.26. The second-order valence-electron chi connectivity index (χ2n) is 6.76. The number of nitrogens with one attached hydrogen (secondary N) is 1. The van der Waals surface area contributed by atoms with Crippen molar-refractivity contribution in [3.8, 4) is 5.75 Å². The van der Waals surface area contributed by atoms with E-state index in [1.807, 2.05) is 0 Å². The fourth-order valence-corrected chi connectivity index (χ4v) is 2.77. The number of hydrogen-bond acceptors (Lipinski definition) is 3. The summed E-state index contributed by atoms with van der Waals surface area (Å²) in [6, 6.07) is 7.04. The Kier molecular flexibility index (Phi) is 5.06. The minimum absolute atomic E-state index is 0.135. The minimum atomic E-state index is -0.444. The molecule has 0 radical (unpaired) electrons. The molecule has 0 aromatic heterocycles. The lowest BCUT2D eigenvalue weighted by molar-refractivity contribution is -0.117. The Morgan fingerprint density at radius 3 is 2.64 bits per heavy atom. The average Bonchev–Trinajstić information content (AvgIpc) is 2.41. The van der Waals surface area contributed by atoms with Crippen LogP contribution in [-0.2, 0) is 11.2 Å². The first-order chi connectivity index (χ1) is 10.3. The molecule has 120 valence electrons. The molecule has 1 aliphatic rings. The highest BCUT2D eigenvalue weighted by atomic mass is 16.6. The third-order valence-electron chi connectivity index (χ3n) is 4.15. The molecule has 2 rings (SSSR count). The molecular formula is C17H24N2O3. The molecule has 1 aliphatic carbocycles. The van der Waals surface area contributed by atoms with Gasteiger partial charge in [0, 0.05) is 6.04 Å². The number of benzene rings is 1. The Hall–Kier alpha value is -2.04. The van der Waals surface area contributed by atoms with Gasteiger partial charge in [0.05, 0.1) is 6.42 Å². The summed E-state index contributed by atoms with van der Waals surface area (Å²) in [6.07, 6.45) is 3.85. The maximum absolute atomic E-state index is 12.0. The molecule has 2 amide bonds. The average molecular weight is 304 g/mol. The molecule has 1 aromatic rings. The zero-order chi connectivity index (χ0) is 16.2. The summed E-state index contributed by atoms with van der Waals surface area (Å²) < 4.78 is 5.29. The van der Waals surface area contributed by atoms with Crippen molar-refractivity contribution in [3.63, 3.8) is 0 Å². The number of rotatable bonds is 4. The van der Waals surface area contributed by atoms with Crippen LogP contribution in [0.4, 0.5) is 4.79 Å². The van der Waals surface area contributed by atoms with Crippen LogP contribution in [0.25, 0.3) is 0 Å². The topological polar surface area (TPSA) is 81.4 Å². The number of carbonyl (C=O) groups excluding carboxylic acids is 2. The van der Waals surface area contributed by atoms with Crippen LogP contribution in [0, 0.1) is 5.41 Å². The van der Waals surface area contributed by atoms with Gasteiger partial charge in [-0.25, -0.2) is 4.79 Å². The van der Waals surface area contributed by atoms with Crippen molar-refractivity contribution in [3.05, 3.63) is 29.8 Å². The van der Waals surface area contributed by atoms with Crippen LogP contribution in [0.2, 0.25) is 0 Å². The van der Waals surface area contributed by atoms with Gasteiger partial charge in [0.2, 0.25) is 5.91 Å². The Labute approximate surface area is 131 Å². The highest BCUT2D eigenvalue weighted by Crippen LogP contribution is 2.35. The van der Waals surface area contributed by atoms with Gasteiger partial charge in [-0.3, -0.25) is 4.79 Å². The second-order valence-corrected chi connectivity index (χ2v) is 6.76. The first-order valence-corrected chi connectivity index (χ1v) is 7.70. The van der Waals surface area contributed by atoms with E-state index in [1.165, 1.54) is 0 Å². The maximum atomic E-state index is 12.0. The zero-order valence-corrected chi connectivity index (χ0v) is 13.2. The van der Waals surface area contributed by atoms with E-state index < -0.39 is 12.0 Å². The standard InChI is InChI=1S/C17H24N2O3/c1-17(2)8-6-13(7-9-17)19-16(21)22-14-5-3-4-12(10-14)11-15(18)20/h3-5,10,13H,6-9,11H2,1-2H3,(H2,18,20)(H,19,21). The molecule has 1 fully saturated rings. The number of primary amides is 1. The highest BCUT2D eigenvalue weighted by molar-refractivity contribution is 5.77. The minimum Gasteiger partial charge on any atom is -0.410 e. The van der Waals surface area contributed by atoms with Crippen LogP contribution in [0.15, 0.2) is 24.3 Å². The van der Waals surface area contributed by atoms with Crippen molar-refractivity contribution < 1.29 is 14.3 Å². The number of nitrogens with two attached hydrogens (primary N) is 1. The fraction of sp³-hybridized carbons (Fsp3) is 0.529. The van der Waals surface area contributed by atoms with Gasteiger partial charge in [-0.05, 0) is 48.8 Å². The zero-order valence-electron chi connectivity index (χ0n) is 13.2. The quantitative estimate of drug-likeness (QED) is 0.897. The lowest BCUT2D eigenvalue weighted by Gasteiger charge is -2.34. The highest BCUT2D eigenvalue weighted by Gasteiger charge is 2.27. The molecule has 0 aliphatic heterocycles. The Morgan fingerprint density at radius 2 is 2.00 bits per heavy atom. The molecule has 1 saturated carbocycles. The van der Waals surface area contributed by atoms with Crippen molar-refractivity contribution in [2.24, 2.45) is 11.1 Å². The SMILES string of the molecule is CC1(C)CCC(NC(=O)Oc2cccc(CC(N)=O)c2)CC1. The monoisotopic (exact) mass is 304 g/mol. The molecule has 5 nitrogen and oxygen atoms in total. The number of amides is 2. The van der Waals surface area contributed by atoms with Gasteiger partial charge in [-0.15, -0.1) is 0 Å². The van der Waals surface area contributed by atoms with Crippen LogP contribution in [0.3, 0.4) is 0 Å². The summed E-state index contributed by atoms with van der Waals surface area (Å²) in [7, 11) is 0. The molecule has 0 heterocycles. The van der Waals surface area contributed by atoms with Crippen LogP contribution >= 0.6 is 0 Å². The van der Waals surface area contributed by atoms with Gasteiger partial charge in [-0.1, -0.05) is 26.0 Å². The van der Waals surface area contributed by atoms with E-state index in [2.05, 4.69) is 19.2 Å². The Morgan fingerprint density at radius 1 is 1.32 bits per heavy atom. The van der Waals surface area contributed by atoms with Crippen LogP contribution in [0.5, 0.6) is 5.75 Å². The molecule has 0 saturated heterocycles. The molecular weight excluding hydrogens is 280 g/mol. The predicted octanol–water partition coefficient (Wildman–Crippen LogP) is 2.77. The first kappa shape index (κ1) is 16.3.